The smallest absolute Gasteiger partial charge is 0.363 e. The topological polar surface area (TPSA) is 59.0 Å². The number of carbonyl (C=O) groups excluding carboxylic acids is 1. The van der Waals surface area contributed by atoms with Gasteiger partial charge in [0.1, 0.15) is 11.4 Å². The molecule has 2 aromatic carbocycles. The molecule has 2 atom stereocenters. The van der Waals surface area contributed by atoms with Gasteiger partial charge in [-0.05, 0) is 30.2 Å². The first-order chi connectivity index (χ1) is 15.9. The Morgan fingerprint density at radius 3 is 2.29 bits per heavy atom. The van der Waals surface area contributed by atoms with E-state index in [0.717, 1.165) is 28.6 Å². The van der Waals surface area contributed by atoms with E-state index in [4.69, 9.17) is 0 Å². The third-order valence-electron chi connectivity index (χ3n) is 5.70. The van der Waals surface area contributed by atoms with Gasteiger partial charge < -0.3 is 10.6 Å². The summed E-state index contributed by atoms with van der Waals surface area (Å²) in [5.41, 5.74) is 1.10. The number of hydrogen-bond donors (Lipinski definition) is 2. The molecule has 1 amide bonds. The molecule has 3 aromatic rings. The molecule has 0 radical (unpaired) electrons. The maximum atomic E-state index is 13.8. The molecule has 2 N–H and O–H groups in total. The van der Waals surface area contributed by atoms with Crippen LogP contribution in [0.3, 0.4) is 0 Å². The highest BCUT2D eigenvalue weighted by molar-refractivity contribution is 5.98. The Bertz CT molecular complexity index is 1170. The second kappa shape index (κ2) is 8.69. The predicted octanol–water partition coefficient (Wildman–Crippen LogP) is 5.80. The molecule has 0 fully saturated rings. The number of carbonyl (C=O) groups is 1. The zero-order valence-electron chi connectivity index (χ0n) is 17.8. The van der Waals surface area contributed by atoms with Gasteiger partial charge in [0.2, 0.25) is 0 Å². The number of nitrogens with one attached hydrogen (secondary N) is 2. The first kappa shape index (κ1) is 23.7. The van der Waals surface area contributed by atoms with E-state index in [0.29, 0.717) is 11.1 Å². The van der Waals surface area contributed by atoms with Gasteiger partial charge in [0.05, 0.1) is 17.8 Å². The monoisotopic (exact) mass is 482 g/mol. The van der Waals surface area contributed by atoms with Gasteiger partial charge in [-0.2, -0.15) is 31.4 Å². The molecule has 180 valence electrons. The quantitative estimate of drug-likeness (QED) is 0.462. The van der Waals surface area contributed by atoms with Crippen LogP contribution < -0.4 is 10.6 Å². The third-order valence-corrected chi connectivity index (χ3v) is 5.70. The fraction of sp³-hybridized carbons (Fsp3) is 0.304. The summed E-state index contributed by atoms with van der Waals surface area (Å²) < 4.78 is 80.3. The normalized spacial score (nSPS) is 18.2. The van der Waals surface area contributed by atoms with Crippen molar-refractivity contribution in [2.45, 2.75) is 44.3 Å². The molecular formula is C23H20F6N4O. The first-order valence-electron chi connectivity index (χ1n) is 10.3. The minimum atomic E-state index is -4.58. The lowest BCUT2D eigenvalue weighted by molar-refractivity contribution is -0.173. The van der Waals surface area contributed by atoms with Gasteiger partial charge >= 0.3 is 12.4 Å². The van der Waals surface area contributed by atoms with Gasteiger partial charge in [0.25, 0.3) is 5.91 Å². The fourth-order valence-electron chi connectivity index (χ4n) is 3.84. The molecule has 4 rings (SSSR count). The zero-order valence-corrected chi connectivity index (χ0v) is 17.8. The number of fused-ring (bicyclic) bond motifs is 1. The number of benzene rings is 2. The molecule has 5 nitrogen and oxygen atoms in total. The molecule has 34 heavy (non-hydrogen) atoms. The largest absolute Gasteiger partial charge is 0.416 e. The standard InChI is InChI=1S/C23H20F6N4O/c1-13-2-6-15(7-3-13)18-10-19(23(27,28)29)33-20(32-18)17(12-31-33)21(34)30-11-14-4-8-16(9-5-14)22(24,25)26/h2-9,12,18-19,32H,10-11H2,1H3,(H,30,34). The molecule has 0 saturated heterocycles. The number of nitrogens with zero attached hydrogens (tertiary/aromatic N) is 2. The Labute approximate surface area is 190 Å². The summed E-state index contributed by atoms with van der Waals surface area (Å²) in [6, 6.07) is 8.67. The van der Waals surface area contributed by atoms with Crippen molar-refractivity contribution in [3.05, 3.63) is 82.5 Å². The summed E-state index contributed by atoms with van der Waals surface area (Å²) in [6.07, 6.45) is -8.30. The third kappa shape index (κ3) is 4.87. The van der Waals surface area contributed by atoms with Gasteiger partial charge in [-0.3, -0.25) is 4.79 Å². The summed E-state index contributed by atoms with van der Waals surface area (Å²) in [4.78, 5) is 12.8. The zero-order chi connectivity index (χ0) is 24.7. The maximum Gasteiger partial charge on any atom is 0.416 e. The maximum absolute atomic E-state index is 13.8. The lowest BCUT2D eigenvalue weighted by atomic mass is 9.96. The van der Waals surface area contributed by atoms with Gasteiger partial charge in [0.15, 0.2) is 6.04 Å². The van der Waals surface area contributed by atoms with Crippen LogP contribution in [-0.2, 0) is 12.7 Å². The summed E-state index contributed by atoms with van der Waals surface area (Å²) in [5.74, 6) is -0.761. The summed E-state index contributed by atoms with van der Waals surface area (Å²) >= 11 is 0. The highest BCUT2D eigenvalue weighted by atomic mass is 19.4. The van der Waals surface area contributed by atoms with Crippen molar-refractivity contribution < 1.29 is 31.1 Å². The van der Waals surface area contributed by atoms with Crippen LogP contribution in [0.1, 0.15) is 51.1 Å². The number of hydrogen-bond acceptors (Lipinski definition) is 3. The number of amides is 1. The highest BCUT2D eigenvalue weighted by Crippen LogP contribution is 2.44. The molecule has 2 unspecified atom stereocenters. The van der Waals surface area contributed by atoms with E-state index in [1.165, 1.54) is 12.1 Å². The fourth-order valence-corrected chi connectivity index (χ4v) is 3.84. The molecule has 0 aliphatic carbocycles. The number of halogens is 6. The van der Waals surface area contributed by atoms with Crippen LogP contribution >= 0.6 is 0 Å². The average molecular weight is 482 g/mol. The highest BCUT2D eigenvalue weighted by Gasteiger charge is 2.47. The van der Waals surface area contributed by atoms with Crippen molar-refractivity contribution >= 4 is 11.7 Å². The van der Waals surface area contributed by atoms with E-state index < -0.39 is 35.9 Å². The molecule has 1 aliphatic rings. The van der Waals surface area contributed by atoms with Crippen LogP contribution in [0.15, 0.2) is 54.7 Å². The molecule has 0 spiro atoms. The Balaban J connectivity index is 1.56. The van der Waals surface area contributed by atoms with E-state index in [1.54, 1.807) is 24.3 Å². The van der Waals surface area contributed by atoms with Crippen LogP contribution in [0.5, 0.6) is 0 Å². The number of aromatic nitrogens is 2. The second-order valence-electron chi connectivity index (χ2n) is 8.13. The van der Waals surface area contributed by atoms with Crippen LogP contribution in [0.2, 0.25) is 0 Å². The van der Waals surface area contributed by atoms with Gasteiger partial charge in [-0.25, -0.2) is 4.68 Å². The van der Waals surface area contributed by atoms with E-state index >= 15 is 0 Å². The first-order valence-corrected chi connectivity index (χ1v) is 10.3. The van der Waals surface area contributed by atoms with Crippen molar-refractivity contribution in [2.75, 3.05) is 5.32 Å². The Morgan fingerprint density at radius 1 is 1.06 bits per heavy atom. The van der Waals surface area contributed by atoms with Crippen molar-refractivity contribution in [2.24, 2.45) is 0 Å². The molecule has 0 bridgehead atoms. The summed E-state index contributed by atoms with van der Waals surface area (Å²) in [5, 5.41) is 9.34. The SMILES string of the molecule is Cc1ccc(C2CC(C(F)(F)F)n3ncc(C(=O)NCc4ccc(C(F)(F)F)cc4)c3N2)cc1. The van der Waals surface area contributed by atoms with Crippen LogP contribution in [-0.4, -0.2) is 21.9 Å². The van der Waals surface area contributed by atoms with Gasteiger partial charge in [-0.1, -0.05) is 42.0 Å². The molecular weight excluding hydrogens is 462 g/mol. The molecule has 0 saturated carbocycles. The predicted molar refractivity (Wildman–Crippen MR) is 112 cm³/mol. The van der Waals surface area contributed by atoms with E-state index in [1.807, 2.05) is 6.92 Å². The van der Waals surface area contributed by atoms with E-state index in [2.05, 4.69) is 15.7 Å². The molecule has 2 heterocycles. The van der Waals surface area contributed by atoms with Crippen molar-refractivity contribution in [1.82, 2.24) is 15.1 Å². The second-order valence-corrected chi connectivity index (χ2v) is 8.13. The number of alkyl halides is 6. The lowest BCUT2D eigenvalue weighted by Gasteiger charge is -2.34. The minimum Gasteiger partial charge on any atom is -0.363 e. The van der Waals surface area contributed by atoms with Crippen LogP contribution in [0.4, 0.5) is 32.2 Å². The Kier molecular flexibility index (Phi) is 6.05. The van der Waals surface area contributed by atoms with Crippen molar-refractivity contribution in [1.29, 1.82) is 0 Å². The Hall–Kier alpha value is -3.50. The average Bonchev–Trinajstić information content (AvgIpc) is 3.20. The van der Waals surface area contributed by atoms with E-state index in [-0.39, 0.29) is 24.3 Å². The van der Waals surface area contributed by atoms with E-state index in [9.17, 15) is 31.1 Å². The van der Waals surface area contributed by atoms with Gasteiger partial charge in [-0.15, -0.1) is 0 Å². The number of rotatable bonds is 4. The van der Waals surface area contributed by atoms with Crippen molar-refractivity contribution in [3.8, 4) is 0 Å². The summed E-state index contributed by atoms with van der Waals surface area (Å²) in [6.45, 7) is 1.76. The lowest BCUT2D eigenvalue weighted by Crippen LogP contribution is -2.36. The number of anilines is 1. The molecule has 11 heteroatoms. The van der Waals surface area contributed by atoms with Gasteiger partial charge in [0, 0.05) is 13.0 Å². The molecule has 1 aromatic heterocycles. The van der Waals surface area contributed by atoms with Crippen molar-refractivity contribution in [3.63, 3.8) is 0 Å². The number of aryl methyl sites for hydroxylation is 1. The summed E-state index contributed by atoms with van der Waals surface area (Å²) in [7, 11) is 0. The van der Waals surface area contributed by atoms with Crippen LogP contribution in [0.25, 0.3) is 0 Å². The van der Waals surface area contributed by atoms with Crippen LogP contribution in [0, 0.1) is 6.92 Å². The Morgan fingerprint density at radius 2 is 1.71 bits per heavy atom. The molecule has 1 aliphatic heterocycles. The minimum absolute atomic E-state index is 0.0657.